The summed E-state index contributed by atoms with van der Waals surface area (Å²) in [5.41, 5.74) is 7.07. The second-order valence-electron chi connectivity index (χ2n) is 5.51. The predicted molar refractivity (Wildman–Crippen MR) is 79.4 cm³/mol. The summed E-state index contributed by atoms with van der Waals surface area (Å²) in [6.07, 6.45) is 0.811. The molecule has 7 heteroatoms. The first-order chi connectivity index (χ1) is 8.78. The summed E-state index contributed by atoms with van der Waals surface area (Å²) in [6.45, 7) is 6.45. The molecule has 19 heavy (non-hydrogen) atoms. The smallest absolute Gasteiger partial charge is 0.178 e. The lowest BCUT2D eigenvalue weighted by Gasteiger charge is -2.16. The number of hydrogen-bond donors (Lipinski definition) is 1. The molecule has 0 aliphatic rings. The zero-order valence-corrected chi connectivity index (χ0v) is 13.3. The second-order valence-corrected chi connectivity index (χ2v) is 6.69. The van der Waals surface area contributed by atoms with Gasteiger partial charge in [-0.2, -0.15) is 9.78 Å². The first-order valence-corrected chi connectivity index (χ1v) is 6.97. The SMILES string of the molecule is CC(C)(C)Cc1nn(-c2ccc(Cl)nn2)c(N)c1Br. The molecule has 0 saturated carbocycles. The van der Waals surface area contributed by atoms with Crippen LogP contribution in [0.4, 0.5) is 5.82 Å². The van der Waals surface area contributed by atoms with Gasteiger partial charge in [-0.05, 0) is 39.9 Å². The number of hydrogen-bond acceptors (Lipinski definition) is 4. The molecule has 0 radical (unpaired) electrons. The molecule has 2 aromatic heterocycles. The van der Waals surface area contributed by atoms with E-state index in [0.717, 1.165) is 16.6 Å². The van der Waals surface area contributed by atoms with Crippen LogP contribution in [0.25, 0.3) is 5.82 Å². The lowest BCUT2D eigenvalue weighted by atomic mass is 9.91. The Bertz CT molecular complexity index is 585. The zero-order valence-electron chi connectivity index (χ0n) is 11.0. The maximum Gasteiger partial charge on any atom is 0.178 e. The van der Waals surface area contributed by atoms with Crippen molar-refractivity contribution in [3.05, 3.63) is 27.5 Å². The molecule has 0 atom stereocenters. The van der Waals surface area contributed by atoms with Gasteiger partial charge in [0.1, 0.15) is 5.82 Å². The summed E-state index contributed by atoms with van der Waals surface area (Å²) >= 11 is 9.20. The van der Waals surface area contributed by atoms with E-state index in [1.54, 1.807) is 16.8 Å². The molecule has 0 saturated heterocycles. The minimum Gasteiger partial charge on any atom is -0.383 e. The van der Waals surface area contributed by atoms with Gasteiger partial charge in [0.15, 0.2) is 11.0 Å². The molecule has 102 valence electrons. The van der Waals surface area contributed by atoms with Crippen LogP contribution in [0.5, 0.6) is 0 Å². The van der Waals surface area contributed by atoms with Crippen molar-refractivity contribution in [2.45, 2.75) is 27.2 Å². The van der Waals surface area contributed by atoms with Crippen LogP contribution in [0.15, 0.2) is 16.6 Å². The third-order valence-corrected chi connectivity index (χ3v) is 3.53. The number of nitrogen functional groups attached to an aromatic ring is 1. The molecule has 0 bridgehead atoms. The lowest BCUT2D eigenvalue weighted by Crippen LogP contribution is -2.10. The van der Waals surface area contributed by atoms with Gasteiger partial charge in [-0.25, -0.2) is 0 Å². The minimum absolute atomic E-state index is 0.125. The molecule has 0 aliphatic heterocycles. The number of anilines is 1. The summed E-state index contributed by atoms with van der Waals surface area (Å²) < 4.78 is 2.37. The molecule has 0 spiro atoms. The average Bonchev–Trinajstić information content (AvgIpc) is 2.57. The Morgan fingerprint density at radius 1 is 1.32 bits per heavy atom. The maximum absolute atomic E-state index is 6.05. The van der Waals surface area contributed by atoms with Gasteiger partial charge in [0, 0.05) is 0 Å². The molecule has 2 aromatic rings. The molecule has 0 aromatic carbocycles. The maximum atomic E-state index is 6.05. The van der Waals surface area contributed by atoms with Crippen LogP contribution in [-0.4, -0.2) is 20.0 Å². The number of nitrogens with zero attached hydrogens (tertiary/aromatic N) is 4. The summed E-state index contributed by atoms with van der Waals surface area (Å²) in [5.74, 6) is 1.05. The van der Waals surface area contributed by atoms with Gasteiger partial charge < -0.3 is 5.73 Å². The van der Waals surface area contributed by atoms with Crippen LogP contribution in [0, 0.1) is 5.41 Å². The fourth-order valence-electron chi connectivity index (χ4n) is 1.67. The number of rotatable bonds is 2. The number of nitrogens with two attached hydrogens (primary N) is 1. The van der Waals surface area contributed by atoms with Crippen molar-refractivity contribution in [2.75, 3.05) is 5.73 Å². The second kappa shape index (κ2) is 5.09. The highest BCUT2D eigenvalue weighted by Crippen LogP contribution is 2.30. The molecule has 0 aliphatic carbocycles. The van der Waals surface area contributed by atoms with Crippen molar-refractivity contribution in [3.63, 3.8) is 0 Å². The summed E-state index contributed by atoms with van der Waals surface area (Å²) in [6, 6.07) is 3.38. The summed E-state index contributed by atoms with van der Waals surface area (Å²) in [5, 5.41) is 12.6. The highest BCUT2D eigenvalue weighted by Gasteiger charge is 2.20. The molecule has 5 nitrogen and oxygen atoms in total. The van der Waals surface area contributed by atoms with Crippen LogP contribution < -0.4 is 5.73 Å². The van der Waals surface area contributed by atoms with E-state index in [1.165, 1.54) is 0 Å². The predicted octanol–water partition coefficient (Wildman–Crippen LogP) is 3.25. The van der Waals surface area contributed by atoms with E-state index in [1.807, 2.05) is 0 Å². The van der Waals surface area contributed by atoms with Crippen molar-refractivity contribution in [1.29, 1.82) is 0 Å². The van der Waals surface area contributed by atoms with Crippen LogP contribution in [0.2, 0.25) is 5.15 Å². The highest BCUT2D eigenvalue weighted by atomic mass is 79.9. The van der Waals surface area contributed by atoms with Gasteiger partial charge in [-0.1, -0.05) is 32.4 Å². The van der Waals surface area contributed by atoms with Gasteiger partial charge in [-0.3, -0.25) is 0 Å². The van der Waals surface area contributed by atoms with E-state index in [-0.39, 0.29) is 5.41 Å². The van der Waals surface area contributed by atoms with Gasteiger partial charge in [0.05, 0.1) is 10.2 Å². The highest BCUT2D eigenvalue weighted by molar-refractivity contribution is 9.10. The first kappa shape index (κ1) is 14.3. The molecule has 0 fully saturated rings. The third-order valence-electron chi connectivity index (χ3n) is 2.46. The molecule has 0 unspecified atom stereocenters. The van der Waals surface area contributed by atoms with E-state index in [2.05, 4.69) is 52.0 Å². The van der Waals surface area contributed by atoms with Gasteiger partial charge in [0.25, 0.3) is 0 Å². The van der Waals surface area contributed by atoms with Crippen LogP contribution in [0.3, 0.4) is 0 Å². The zero-order chi connectivity index (χ0) is 14.2. The Kier molecular flexibility index (Phi) is 3.82. The van der Waals surface area contributed by atoms with Crippen molar-refractivity contribution in [2.24, 2.45) is 5.41 Å². The van der Waals surface area contributed by atoms with E-state index < -0.39 is 0 Å². The van der Waals surface area contributed by atoms with E-state index in [9.17, 15) is 0 Å². The van der Waals surface area contributed by atoms with Crippen molar-refractivity contribution in [3.8, 4) is 5.82 Å². The Hall–Kier alpha value is -1.14. The Morgan fingerprint density at radius 2 is 2.00 bits per heavy atom. The van der Waals surface area contributed by atoms with E-state index in [0.29, 0.717) is 16.8 Å². The fraction of sp³-hybridized carbons (Fsp3) is 0.417. The van der Waals surface area contributed by atoms with Gasteiger partial charge >= 0.3 is 0 Å². The molecule has 2 N–H and O–H groups in total. The topological polar surface area (TPSA) is 69.6 Å². The number of aromatic nitrogens is 4. The molecular weight excluding hydrogens is 330 g/mol. The van der Waals surface area contributed by atoms with Crippen molar-refractivity contribution >= 4 is 33.3 Å². The largest absolute Gasteiger partial charge is 0.383 e. The van der Waals surface area contributed by atoms with E-state index >= 15 is 0 Å². The van der Waals surface area contributed by atoms with E-state index in [4.69, 9.17) is 17.3 Å². The fourth-order valence-corrected chi connectivity index (χ4v) is 2.16. The Labute approximate surface area is 125 Å². The van der Waals surface area contributed by atoms with Crippen molar-refractivity contribution in [1.82, 2.24) is 20.0 Å². The minimum atomic E-state index is 0.125. The van der Waals surface area contributed by atoms with Gasteiger partial charge in [0.2, 0.25) is 0 Å². The third kappa shape index (κ3) is 3.25. The van der Waals surface area contributed by atoms with Crippen LogP contribution in [0.1, 0.15) is 26.5 Å². The molecule has 0 amide bonds. The van der Waals surface area contributed by atoms with Gasteiger partial charge in [-0.15, -0.1) is 10.2 Å². The standard InChI is InChI=1S/C12H15BrClN5/c1-12(2,3)6-7-10(13)11(15)19(18-7)9-5-4-8(14)16-17-9/h4-5H,6,15H2,1-3H3. The van der Waals surface area contributed by atoms with Crippen LogP contribution in [-0.2, 0) is 6.42 Å². The molecule has 2 heterocycles. The quantitative estimate of drug-likeness (QED) is 0.908. The normalized spacial score (nSPS) is 11.8. The average molecular weight is 345 g/mol. The molecular formula is C12H15BrClN5. The molecule has 2 rings (SSSR count). The summed E-state index contributed by atoms with van der Waals surface area (Å²) in [4.78, 5) is 0. The van der Waals surface area contributed by atoms with Crippen LogP contribution >= 0.6 is 27.5 Å². The van der Waals surface area contributed by atoms with Crippen molar-refractivity contribution < 1.29 is 0 Å². The summed E-state index contributed by atoms with van der Waals surface area (Å²) in [7, 11) is 0. The monoisotopic (exact) mass is 343 g/mol. The number of halogens is 2. The Morgan fingerprint density at radius 3 is 2.53 bits per heavy atom. The first-order valence-electron chi connectivity index (χ1n) is 5.80. The lowest BCUT2D eigenvalue weighted by molar-refractivity contribution is 0.404. The Balaban J connectivity index is 2.43.